The van der Waals surface area contributed by atoms with E-state index in [0.29, 0.717) is 0 Å². The number of hydrogen-bond acceptors (Lipinski definition) is 5. The molecule has 7 nitrogen and oxygen atoms in total. The van der Waals surface area contributed by atoms with Crippen LogP contribution in [0, 0.1) is 0 Å². The molecule has 0 bridgehead atoms. The van der Waals surface area contributed by atoms with E-state index in [0.717, 1.165) is 6.33 Å². The molecular weight excluding hydrogens is 207 g/mol. The zero-order chi connectivity index (χ0) is 10.8. The van der Waals surface area contributed by atoms with Crippen LogP contribution in [0.1, 0.15) is 13.8 Å². The summed E-state index contributed by atoms with van der Waals surface area (Å²) in [5.41, 5.74) is -0.518. The van der Waals surface area contributed by atoms with Crippen LogP contribution in [0.15, 0.2) is 6.33 Å². The molecule has 14 heavy (non-hydrogen) atoms. The summed E-state index contributed by atoms with van der Waals surface area (Å²) in [4.78, 5) is 28.3. The molecule has 0 atom stereocenters. The van der Waals surface area contributed by atoms with Crippen molar-refractivity contribution in [2.45, 2.75) is 19.9 Å². The highest BCUT2D eigenvalue weighted by molar-refractivity contribution is 7.59. The maximum atomic E-state index is 10.8. The van der Waals surface area contributed by atoms with Crippen molar-refractivity contribution in [1.29, 1.82) is 0 Å². The molecule has 0 fully saturated rings. The standard InChI is InChI=1S/C6H11N4O3P/c1-4(2)9-5-7-3-8-6(10-5)14(11,12)13/h3-4H,1-2H3,(H2,11,12,13)(H,7,8,9,10). The van der Waals surface area contributed by atoms with E-state index < -0.39 is 13.2 Å². The summed E-state index contributed by atoms with van der Waals surface area (Å²) in [7, 11) is -4.39. The van der Waals surface area contributed by atoms with E-state index in [2.05, 4.69) is 20.3 Å². The largest absolute Gasteiger partial charge is 0.393 e. The van der Waals surface area contributed by atoms with Crippen LogP contribution in [0.4, 0.5) is 5.95 Å². The van der Waals surface area contributed by atoms with Crippen LogP contribution in [-0.4, -0.2) is 30.8 Å². The van der Waals surface area contributed by atoms with Crippen LogP contribution in [-0.2, 0) is 4.57 Å². The van der Waals surface area contributed by atoms with Crippen LogP contribution < -0.4 is 10.9 Å². The third-order valence-corrected chi connectivity index (χ3v) is 1.97. The van der Waals surface area contributed by atoms with Crippen LogP contribution in [0.25, 0.3) is 0 Å². The molecule has 0 radical (unpaired) electrons. The Morgan fingerprint density at radius 3 is 2.57 bits per heavy atom. The fourth-order valence-electron chi connectivity index (χ4n) is 0.756. The molecule has 0 aliphatic rings. The summed E-state index contributed by atoms with van der Waals surface area (Å²) in [6, 6.07) is 0.0852. The van der Waals surface area contributed by atoms with Crippen molar-refractivity contribution in [3.63, 3.8) is 0 Å². The van der Waals surface area contributed by atoms with E-state index in [-0.39, 0.29) is 12.0 Å². The van der Waals surface area contributed by atoms with Gasteiger partial charge in [-0.1, -0.05) is 0 Å². The van der Waals surface area contributed by atoms with Gasteiger partial charge in [-0.2, -0.15) is 4.98 Å². The second-order valence-electron chi connectivity index (χ2n) is 2.95. The molecule has 0 aliphatic heterocycles. The number of nitrogens with zero attached hydrogens (tertiary/aromatic N) is 3. The van der Waals surface area contributed by atoms with Gasteiger partial charge in [0.1, 0.15) is 6.33 Å². The van der Waals surface area contributed by atoms with Gasteiger partial charge in [-0.05, 0) is 13.8 Å². The average molecular weight is 218 g/mol. The second-order valence-corrected chi connectivity index (χ2v) is 4.44. The first-order chi connectivity index (χ1) is 6.39. The highest BCUT2D eigenvalue weighted by Gasteiger charge is 2.21. The van der Waals surface area contributed by atoms with Crippen molar-refractivity contribution in [3.05, 3.63) is 6.33 Å². The predicted molar refractivity (Wildman–Crippen MR) is 50.3 cm³/mol. The molecule has 78 valence electrons. The van der Waals surface area contributed by atoms with Gasteiger partial charge in [-0.15, -0.1) is 0 Å². The van der Waals surface area contributed by atoms with Crippen LogP contribution in [0.2, 0.25) is 0 Å². The smallest absolute Gasteiger partial charge is 0.352 e. The van der Waals surface area contributed by atoms with E-state index in [9.17, 15) is 4.57 Å². The molecule has 0 saturated carbocycles. The molecule has 1 rings (SSSR count). The van der Waals surface area contributed by atoms with Crippen LogP contribution >= 0.6 is 7.60 Å². The van der Waals surface area contributed by atoms with E-state index >= 15 is 0 Å². The molecule has 0 aliphatic carbocycles. The number of aromatic nitrogens is 3. The summed E-state index contributed by atoms with van der Waals surface area (Å²) in [6.07, 6.45) is 1.06. The summed E-state index contributed by atoms with van der Waals surface area (Å²) < 4.78 is 10.8. The number of nitrogens with one attached hydrogen (secondary N) is 1. The normalized spacial score (nSPS) is 11.8. The first-order valence-electron chi connectivity index (χ1n) is 3.91. The third kappa shape index (κ3) is 3.02. The Morgan fingerprint density at radius 2 is 2.07 bits per heavy atom. The van der Waals surface area contributed by atoms with Crippen molar-refractivity contribution < 1.29 is 14.4 Å². The van der Waals surface area contributed by atoms with E-state index in [1.807, 2.05) is 13.8 Å². The molecule has 1 heterocycles. The zero-order valence-corrected chi connectivity index (χ0v) is 8.64. The Morgan fingerprint density at radius 1 is 1.43 bits per heavy atom. The minimum Gasteiger partial charge on any atom is -0.352 e. The van der Waals surface area contributed by atoms with Crippen molar-refractivity contribution in [2.24, 2.45) is 0 Å². The summed E-state index contributed by atoms with van der Waals surface area (Å²) in [6.45, 7) is 3.72. The second kappa shape index (κ2) is 4.00. The highest BCUT2D eigenvalue weighted by Crippen LogP contribution is 2.30. The molecule has 8 heteroatoms. The first kappa shape index (κ1) is 11.0. The van der Waals surface area contributed by atoms with Crippen molar-refractivity contribution >= 4 is 19.1 Å². The maximum absolute atomic E-state index is 10.8. The van der Waals surface area contributed by atoms with Gasteiger partial charge in [-0.3, -0.25) is 4.57 Å². The SMILES string of the molecule is CC(C)Nc1ncnc(P(=O)(O)O)n1. The molecule has 1 aromatic rings. The minimum atomic E-state index is -4.39. The fourth-order valence-corrected chi connectivity index (χ4v) is 1.18. The molecule has 0 saturated heterocycles. The summed E-state index contributed by atoms with van der Waals surface area (Å²) >= 11 is 0. The molecule has 0 unspecified atom stereocenters. The lowest BCUT2D eigenvalue weighted by Crippen LogP contribution is -2.20. The predicted octanol–water partition coefficient (Wildman–Crippen LogP) is -0.505. The van der Waals surface area contributed by atoms with Gasteiger partial charge in [-0.25, -0.2) is 9.97 Å². The zero-order valence-electron chi connectivity index (χ0n) is 7.75. The average Bonchev–Trinajstić information content (AvgIpc) is 2.01. The van der Waals surface area contributed by atoms with E-state index in [1.165, 1.54) is 0 Å². The topological polar surface area (TPSA) is 108 Å². The number of hydrogen-bond donors (Lipinski definition) is 3. The summed E-state index contributed by atoms with van der Waals surface area (Å²) in [5.74, 6) is 0.160. The molecule has 3 N–H and O–H groups in total. The summed E-state index contributed by atoms with van der Waals surface area (Å²) in [5, 5.41) is 2.81. The molecule has 1 aromatic heterocycles. The molecule has 0 aromatic carbocycles. The van der Waals surface area contributed by atoms with Gasteiger partial charge in [0.2, 0.25) is 11.5 Å². The molecule has 0 spiro atoms. The Kier molecular flexibility index (Phi) is 3.15. The van der Waals surface area contributed by atoms with Gasteiger partial charge >= 0.3 is 7.60 Å². The van der Waals surface area contributed by atoms with Crippen LogP contribution in [0.3, 0.4) is 0 Å². The quantitative estimate of drug-likeness (QED) is 0.586. The minimum absolute atomic E-state index is 0.0852. The first-order valence-corrected chi connectivity index (χ1v) is 5.52. The van der Waals surface area contributed by atoms with E-state index in [1.54, 1.807) is 0 Å². The van der Waals surface area contributed by atoms with Gasteiger partial charge in [0, 0.05) is 6.04 Å². The monoisotopic (exact) mass is 218 g/mol. The lowest BCUT2D eigenvalue weighted by atomic mass is 10.4. The lowest BCUT2D eigenvalue weighted by Gasteiger charge is -2.08. The van der Waals surface area contributed by atoms with Gasteiger partial charge in [0.15, 0.2) is 0 Å². The highest BCUT2D eigenvalue weighted by atomic mass is 31.2. The lowest BCUT2D eigenvalue weighted by molar-refractivity contribution is 0.385. The Balaban J connectivity index is 2.96. The van der Waals surface area contributed by atoms with Crippen LogP contribution in [0.5, 0.6) is 0 Å². The molecule has 0 amide bonds. The number of rotatable bonds is 3. The Hall–Kier alpha value is -1.04. The fraction of sp³-hybridized carbons (Fsp3) is 0.500. The van der Waals surface area contributed by atoms with E-state index in [4.69, 9.17) is 9.79 Å². The van der Waals surface area contributed by atoms with Gasteiger partial charge in [0.05, 0.1) is 0 Å². The van der Waals surface area contributed by atoms with Gasteiger partial charge < -0.3 is 15.1 Å². The number of anilines is 1. The van der Waals surface area contributed by atoms with Crippen molar-refractivity contribution in [1.82, 2.24) is 15.0 Å². The third-order valence-electron chi connectivity index (χ3n) is 1.24. The Labute approximate surface area is 80.8 Å². The van der Waals surface area contributed by atoms with Gasteiger partial charge in [0.25, 0.3) is 0 Å². The maximum Gasteiger partial charge on any atom is 0.393 e. The Bertz CT molecular complexity index is 364. The van der Waals surface area contributed by atoms with Crippen molar-refractivity contribution in [2.75, 3.05) is 5.32 Å². The van der Waals surface area contributed by atoms with Crippen molar-refractivity contribution in [3.8, 4) is 0 Å². The molecular formula is C6H11N4O3P.